The standard InChI is InChI=1S/C21H21N3O2/c1-15-14-16(2)23-21(22-15)26-19-11-9-18(10-12-19)24-20(25)13-8-17-6-4-3-5-7-17/h3-7,9-12,14H,8,13H2,1-2H3,(H,24,25). The van der Waals surface area contributed by atoms with Gasteiger partial charge in [-0.3, -0.25) is 4.79 Å². The molecule has 0 aliphatic carbocycles. The average Bonchev–Trinajstić information content (AvgIpc) is 2.62. The minimum Gasteiger partial charge on any atom is -0.424 e. The van der Waals surface area contributed by atoms with Gasteiger partial charge >= 0.3 is 6.01 Å². The first-order valence-corrected chi connectivity index (χ1v) is 8.52. The van der Waals surface area contributed by atoms with Gasteiger partial charge in [-0.05, 0) is 56.2 Å². The van der Waals surface area contributed by atoms with Crippen LogP contribution in [0, 0.1) is 13.8 Å². The van der Waals surface area contributed by atoms with E-state index in [-0.39, 0.29) is 5.91 Å². The van der Waals surface area contributed by atoms with Gasteiger partial charge in [0.2, 0.25) is 5.91 Å². The van der Waals surface area contributed by atoms with Crippen molar-refractivity contribution in [3.8, 4) is 11.8 Å². The predicted molar refractivity (Wildman–Crippen MR) is 101 cm³/mol. The van der Waals surface area contributed by atoms with Crippen molar-refractivity contribution in [2.75, 3.05) is 5.32 Å². The van der Waals surface area contributed by atoms with Crippen molar-refractivity contribution in [3.05, 3.63) is 77.6 Å². The molecule has 26 heavy (non-hydrogen) atoms. The number of carbonyl (C=O) groups is 1. The summed E-state index contributed by atoms with van der Waals surface area (Å²) in [6.45, 7) is 3.80. The van der Waals surface area contributed by atoms with Gasteiger partial charge in [-0.2, -0.15) is 0 Å². The first kappa shape index (κ1) is 17.6. The summed E-state index contributed by atoms with van der Waals surface area (Å²) in [6, 6.07) is 19.4. The maximum atomic E-state index is 12.1. The normalized spacial score (nSPS) is 10.4. The number of aryl methyl sites for hydroxylation is 3. The van der Waals surface area contributed by atoms with E-state index in [1.54, 1.807) is 24.3 Å². The highest BCUT2D eigenvalue weighted by molar-refractivity contribution is 5.90. The van der Waals surface area contributed by atoms with E-state index in [1.807, 2.05) is 50.2 Å². The van der Waals surface area contributed by atoms with Crippen molar-refractivity contribution in [1.29, 1.82) is 0 Å². The van der Waals surface area contributed by atoms with Crippen LogP contribution in [0.3, 0.4) is 0 Å². The van der Waals surface area contributed by atoms with Gasteiger partial charge in [0.05, 0.1) is 0 Å². The summed E-state index contributed by atoms with van der Waals surface area (Å²) >= 11 is 0. The number of benzene rings is 2. The second-order valence-corrected chi connectivity index (χ2v) is 6.09. The molecule has 1 heterocycles. The van der Waals surface area contributed by atoms with Crippen molar-refractivity contribution in [2.45, 2.75) is 26.7 Å². The SMILES string of the molecule is Cc1cc(C)nc(Oc2ccc(NC(=O)CCc3ccccc3)cc2)n1. The number of hydrogen-bond acceptors (Lipinski definition) is 4. The maximum Gasteiger partial charge on any atom is 0.322 e. The summed E-state index contributed by atoms with van der Waals surface area (Å²) in [5.41, 5.74) is 3.60. The van der Waals surface area contributed by atoms with E-state index in [1.165, 1.54) is 0 Å². The highest BCUT2D eigenvalue weighted by Gasteiger charge is 2.05. The topological polar surface area (TPSA) is 64.1 Å². The molecule has 5 heteroatoms. The van der Waals surface area contributed by atoms with Crippen molar-refractivity contribution in [1.82, 2.24) is 9.97 Å². The molecule has 0 radical (unpaired) electrons. The molecule has 132 valence electrons. The van der Waals surface area contributed by atoms with Crippen molar-refractivity contribution >= 4 is 11.6 Å². The number of ether oxygens (including phenoxy) is 1. The first-order chi connectivity index (χ1) is 12.6. The van der Waals surface area contributed by atoms with Crippen LogP contribution in [-0.2, 0) is 11.2 Å². The lowest BCUT2D eigenvalue weighted by Crippen LogP contribution is -2.12. The number of amides is 1. The lowest BCUT2D eigenvalue weighted by atomic mass is 10.1. The number of rotatable bonds is 6. The van der Waals surface area contributed by atoms with E-state index in [4.69, 9.17) is 4.74 Å². The molecule has 1 N–H and O–H groups in total. The first-order valence-electron chi connectivity index (χ1n) is 8.52. The molecule has 0 fully saturated rings. The van der Waals surface area contributed by atoms with E-state index >= 15 is 0 Å². The third kappa shape index (κ3) is 5.14. The zero-order valence-electron chi connectivity index (χ0n) is 14.9. The van der Waals surface area contributed by atoms with Crippen LogP contribution < -0.4 is 10.1 Å². The highest BCUT2D eigenvalue weighted by Crippen LogP contribution is 2.21. The Morgan fingerprint density at radius 1 is 0.962 bits per heavy atom. The van der Waals surface area contributed by atoms with Crippen LogP contribution in [0.25, 0.3) is 0 Å². The Labute approximate surface area is 153 Å². The molecular formula is C21H21N3O2. The Morgan fingerprint density at radius 3 is 2.27 bits per heavy atom. The Kier molecular flexibility index (Phi) is 5.59. The van der Waals surface area contributed by atoms with Crippen LogP contribution >= 0.6 is 0 Å². The lowest BCUT2D eigenvalue weighted by Gasteiger charge is -2.08. The fourth-order valence-electron chi connectivity index (χ4n) is 2.58. The Bertz CT molecular complexity index is 857. The van der Waals surface area contributed by atoms with Gasteiger partial charge in [0.1, 0.15) is 5.75 Å². The molecule has 0 saturated heterocycles. The molecule has 1 amide bonds. The molecule has 0 aliphatic heterocycles. The Hall–Kier alpha value is -3.21. The van der Waals surface area contributed by atoms with E-state index < -0.39 is 0 Å². The predicted octanol–water partition coefficient (Wildman–Crippen LogP) is 4.46. The smallest absolute Gasteiger partial charge is 0.322 e. The summed E-state index contributed by atoms with van der Waals surface area (Å²) in [5, 5.41) is 2.90. The van der Waals surface area contributed by atoms with E-state index in [0.717, 1.165) is 29.1 Å². The number of aromatic nitrogens is 2. The molecule has 1 aromatic heterocycles. The van der Waals surface area contributed by atoms with Crippen molar-refractivity contribution in [3.63, 3.8) is 0 Å². The van der Waals surface area contributed by atoms with Gasteiger partial charge in [-0.1, -0.05) is 30.3 Å². The van der Waals surface area contributed by atoms with Crippen LogP contribution in [-0.4, -0.2) is 15.9 Å². The number of carbonyl (C=O) groups excluding carboxylic acids is 1. The molecule has 3 rings (SSSR count). The molecule has 0 unspecified atom stereocenters. The van der Waals surface area contributed by atoms with E-state index in [2.05, 4.69) is 15.3 Å². The van der Waals surface area contributed by atoms with Gasteiger partial charge in [-0.25, -0.2) is 9.97 Å². The minimum absolute atomic E-state index is 0.0137. The molecule has 0 atom stereocenters. The summed E-state index contributed by atoms with van der Waals surface area (Å²) < 4.78 is 5.67. The second-order valence-electron chi connectivity index (χ2n) is 6.09. The van der Waals surface area contributed by atoms with Crippen molar-refractivity contribution in [2.24, 2.45) is 0 Å². The molecule has 5 nitrogen and oxygen atoms in total. The minimum atomic E-state index is -0.0137. The monoisotopic (exact) mass is 347 g/mol. The van der Waals surface area contributed by atoms with Gasteiger partial charge in [0, 0.05) is 23.5 Å². The van der Waals surface area contributed by atoms with Crippen LogP contribution in [0.1, 0.15) is 23.4 Å². The zero-order chi connectivity index (χ0) is 18.4. The van der Waals surface area contributed by atoms with Crippen LogP contribution in [0.2, 0.25) is 0 Å². The highest BCUT2D eigenvalue weighted by atomic mass is 16.5. The fourth-order valence-corrected chi connectivity index (χ4v) is 2.58. The molecule has 0 saturated carbocycles. The van der Waals surface area contributed by atoms with E-state index in [0.29, 0.717) is 18.2 Å². The van der Waals surface area contributed by atoms with Gasteiger partial charge in [0.25, 0.3) is 0 Å². The molecule has 0 aliphatic rings. The summed E-state index contributed by atoms with van der Waals surface area (Å²) in [7, 11) is 0. The molecule has 2 aromatic carbocycles. The molecule has 0 bridgehead atoms. The van der Waals surface area contributed by atoms with Crippen molar-refractivity contribution < 1.29 is 9.53 Å². The third-order valence-corrected chi connectivity index (χ3v) is 3.79. The quantitative estimate of drug-likeness (QED) is 0.715. The molecular weight excluding hydrogens is 326 g/mol. The number of nitrogens with zero attached hydrogens (tertiary/aromatic N) is 2. The second kappa shape index (κ2) is 8.25. The third-order valence-electron chi connectivity index (χ3n) is 3.79. The largest absolute Gasteiger partial charge is 0.424 e. The zero-order valence-corrected chi connectivity index (χ0v) is 14.9. The van der Waals surface area contributed by atoms with Crippen LogP contribution in [0.15, 0.2) is 60.7 Å². The fraction of sp³-hybridized carbons (Fsp3) is 0.190. The summed E-state index contributed by atoms with van der Waals surface area (Å²) in [5.74, 6) is 0.609. The van der Waals surface area contributed by atoms with Crippen LogP contribution in [0.4, 0.5) is 5.69 Å². The summed E-state index contributed by atoms with van der Waals surface area (Å²) in [6.07, 6.45) is 1.16. The van der Waals surface area contributed by atoms with E-state index in [9.17, 15) is 4.79 Å². The lowest BCUT2D eigenvalue weighted by molar-refractivity contribution is -0.116. The number of hydrogen-bond donors (Lipinski definition) is 1. The molecule has 0 spiro atoms. The van der Waals surface area contributed by atoms with Gasteiger partial charge < -0.3 is 10.1 Å². The average molecular weight is 347 g/mol. The Balaban J connectivity index is 1.54. The maximum absolute atomic E-state index is 12.1. The van der Waals surface area contributed by atoms with Crippen LogP contribution in [0.5, 0.6) is 11.8 Å². The van der Waals surface area contributed by atoms with Gasteiger partial charge in [-0.15, -0.1) is 0 Å². The number of nitrogens with one attached hydrogen (secondary N) is 1. The Morgan fingerprint density at radius 2 is 1.62 bits per heavy atom. The summed E-state index contributed by atoms with van der Waals surface area (Å²) in [4.78, 5) is 20.6. The number of anilines is 1. The molecule has 3 aromatic rings. The van der Waals surface area contributed by atoms with Gasteiger partial charge in [0.15, 0.2) is 0 Å².